The normalized spacial score (nSPS) is 16.8. The van der Waals surface area contributed by atoms with Gasteiger partial charge in [-0.1, -0.05) is 18.2 Å². The zero-order valence-corrected chi connectivity index (χ0v) is 14.2. The van der Waals surface area contributed by atoms with E-state index in [2.05, 4.69) is 15.7 Å². The number of carbonyl (C=O) groups is 2. The number of rotatable bonds is 4. The van der Waals surface area contributed by atoms with Crippen LogP contribution in [-0.4, -0.2) is 47.6 Å². The number of nitrogens with one attached hydrogen (secondary N) is 2. The highest BCUT2D eigenvalue weighted by Crippen LogP contribution is 2.14. The summed E-state index contributed by atoms with van der Waals surface area (Å²) in [4.78, 5) is 29.7. The van der Waals surface area contributed by atoms with Crippen molar-refractivity contribution in [2.75, 3.05) is 25.0 Å². The third-order valence-electron chi connectivity index (χ3n) is 4.14. The van der Waals surface area contributed by atoms with Gasteiger partial charge in [0.2, 0.25) is 0 Å². The predicted octanol–water partition coefficient (Wildman–Crippen LogP) is 1.16. The first-order valence-electron chi connectivity index (χ1n) is 8.34. The molecule has 3 rings (SSSR count). The molecule has 26 heavy (non-hydrogen) atoms. The molecule has 8 nitrogen and oxygen atoms in total. The molecule has 0 spiro atoms. The maximum Gasteiger partial charge on any atom is 0.323 e. The van der Waals surface area contributed by atoms with Crippen LogP contribution < -0.4 is 16.6 Å². The van der Waals surface area contributed by atoms with Crippen LogP contribution in [0.15, 0.2) is 48.7 Å². The Morgan fingerprint density at radius 3 is 2.73 bits per heavy atom. The molecule has 1 aromatic carbocycles. The second-order valence-corrected chi connectivity index (χ2v) is 5.96. The van der Waals surface area contributed by atoms with Crippen LogP contribution >= 0.6 is 0 Å². The van der Waals surface area contributed by atoms with Gasteiger partial charge in [-0.3, -0.25) is 15.5 Å². The van der Waals surface area contributed by atoms with Gasteiger partial charge in [-0.2, -0.15) is 0 Å². The summed E-state index contributed by atoms with van der Waals surface area (Å²) in [7, 11) is 0. The summed E-state index contributed by atoms with van der Waals surface area (Å²) in [6.45, 7) is 1.50. The number of aromatic nitrogens is 1. The molecule has 1 unspecified atom stereocenters. The first-order chi connectivity index (χ1) is 12.7. The van der Waals surface area contributed by atoms with Crippen LogP contribution in [0.25, 0.3) is 0 Å². The molecule has 1 aromatic heterocycles. The average Bonchev–Trinajstić information content (AvgIpc) is 2.69. The van der Waals surface area contributed by atoms with Crippen molar-refractivity contribution in [3.8, 4) is 0 Å². The summed E-state index contributed by atoms with van der Waals surface area (Å²) in [6, 6.07) is 12.3. The zero-order chi connectivity index (χ0) is 18.4. The number of carbonyl (C=O) groups excluding carboxylic acids is 2. The highest BCUT2D eigenvalue weighted by Gasteiger charge is 2.24. The maximum atomic E-state index is 12.4. The first-order valence-corrected chi connectivity index (χ1v) is 8.34. The lowest BCUT2D eigenvalue weighted by Gasteiger charge is -2.33. The monoisotopic (exact) mass is 355 g/mol. The summed E-state index contributed by atoms with van der Waals surface area (Å²) >= 11 is 0. The van der Waals surface area contributed by atoms with Crippen LogP contribution in [0.4, 0.5) is 10.6 Å². The van der Waals surface area contributed by atoms with E-state index in [4.69, 9.17) is 10.6 Å². The van der Waals surface area contributed by atoms with Crippen molar-refractivity contribution in [3.05, 3.63) is 59.8 Å². The van der Waals surface area contributed by atoms with Crippen molar-refractivity contribution < 1.29 is 14.3 Å². The lowest BCUT2D eigenvalue weighted by Crippen LogP contribution is -2.48. The molecule has 0 bridgehead atoms. The standard InChI is InChI=1S/C18H21N5O3/c19-22-17(24)14-6-4-13(5-7-14)11-15-12-23(9-10-26-15)18(25)21-16-3-1-2-8-20-16/h1-8,15H,9-12,19H2,(H,22,24)(H,20,21,25). The third kappa shape index (κ3) is 4.56. The van der Waals surface area contributed by atoms with Gasteiger partial charge in [0.1, 0.15) is 5.82 Å². The minimum atomic E-state index is -0.331. The van der Waals surface area contributed by atoms with Gasteiger partial charge in [0, 0.05) is 31.3 Å². The number of hydrogen-bond donors (Lipinski definition) is 3. The molecular weight excluding hydrogens is 334 g/mol. The third-order valence-corrected chi connectivity index (χ3v) is 4.14. The minimum absolute atomic E-state index is 0.104. The highest BCUT2D eigenvalue weighted by atomic mass is 16.5. The summed E-state index contributed by atoms with van der Waals surface area (Å²) < 4.78 is 5.77. The van der Waals surface area contributed by atoms with Gasteiger partial charge in [-0.05, 0) is 29.8 Å². The van der Waals surface area contributed by atoms with E-state index < -0.39 is 0 Å². The summed E-state index contributed by atoms with van der Waals surface area (Å²) in [5.41, 5.74) is 3.62. The number of nitrogen functional groups attached to an aromatic ring is 1. The Bertz CT molecular complexity index is 751. The molecule has 1 fully saturated rings. The van der Waals surface area contributed by atoms with Crippen molar-refractivity contribution >= 4 is 17.8 Å². The van der Waals surface area contributed by atoms with Gasteiger partial charge in [-0.15, -0.1) is 0 Å². The minimum Gasteiger partial charge on any atom is -0.374 e. The zero-order valence-electron chi connectivity index (χ0n) is 14.2. The van der Waals surface area contributed by atoms with Gasteiger partial charge in [0.05, 0.1) is 12.7 Å². The van der Waals surface area contributed by atoms with Gasteiger partial charge >= 0.3 is 6.03 Å². The number of amides is 3. The Balaban J connectivity index is 1.56. The van der Waals surface area contributed by atoms with E-state index in [0.29, 0.717) is 37.5 Å². The van der Waals surface area contributed by atoms with Crippen molar-refractivity contribution in [3.63, 3.8) is 0 Å². The fraction of sp³-hybridized carbons (Fsp3) is 0.278. The Kier molecular flexibility index (Phi) is 5.77. The van der Waals surface area contributed by atoms with Crippen LogP contribution in [-0.2, 0) is 11.2 Å². The van der Waals surface area contributed by atoms with Gasteiger partial charge < -0.3 is 9.64 Å². The number of hydrazine groups is 1. The Morgan fingerprint density at radius 1 is 1.23 bits per heavy atom. The van der Waals surface area contributed by atoms with E-state index in [9.17, 15) is 9.59 Å². The van der Waals surface area contributed by atoms with Crippen LogP contribution in [0.2, 0.25) is 0 Å². The Hall–Kier alpha value is -2.97. The second kappa shape index (κ2) is 8.41. The molecule has 1 aliphatic rings. The topological polar surface area (TPSA) is 110 Å². The molecule has 0 saturated carbocycles. The van der Waals surface area contributed by atoms with E-state index in [-0.39, 0.29) is 18.0 Å². The quantitative estimate of drug-likeness (QED) is 0.433. The lowest BCUT2D eigenvalue weighted by atomic mass is 10.0. The van der Waals surface area contributed by atoms with Gasteiger partial charge in [0.15, 0.2) is 0 Å². The lowest BCUT2D eigenvalue weighted by molar-refractivity contribution is -0.0113. The summed E-state index contributed by atoms with van der Waals surface area (Å²) in [5, 5.41) is 2.79. The first kappa shape index (κ1) is 17.8. The van der Waals surface area contributed by atoms with Crippen LogP contribution in [0, 0.1) is 0 Å². The molecule has 136 valence electrons. The number of morpholine rings is 1. The number of hydrogen-bond acceptors (Lipinski definition) is 5. The van der Waals surface area contributed by atoms with E-state index in [0.717, 1.165) is 5.56 Å². The molecule has 8 heteroatoms. The number of pyridine rings is 1. The SMILES string of the molecule is NNC(=O)c1ccc(CC2CN(C(=O)Nc3ccccn3)CCO2)cc1. The van der Waals surface area contributed by atoms with Crippen molar-refractivity contribution in [2.24, 2.45) is 5.84 Å². The molecule has 2 heterocycles. The largest absolute Gasteiger partial charge is 0.374 e. The molecule has 2 aromatic rings. The van der Waals surface area contributed by atoms with Crippen molar-refractivity contribution in [2.45, 2.75) is 12.5 Å². The van der Waals surface area contributed by atoms with Crippen LogP contribution in [0.1, 0.15) is 15.9 Å². The molecule has 3 amide bonds. The number of ether oxygens (including phenoxy) is 1. The number of benzene rings is 1. The molecular formula is C18H21N5O3. The molecule has 0 radical (unpaired) electrons. The fourth-order valence-corrected chi connectivity index (χ4v) is 2.79. The highest BCUT2D eigenvalue weighted by molar-refractivity contribution is 5.93. The molecule has 4 N–H and O–H groups in total. The van der Waals surface area contributed by atoms with Crippen molar-refractivity contribution in [1.82, 2.24) is 15.3 Å². The van der Waals surface area contributed by atoms with Crippen LogP contribution in [0.5, 0.6) is 0 Å². The number of nitrogens with two attached hydrogens (primary N) is 1. The summed E-state index contributed by atoms with van der Waals surface area (Å²) in [6.07, 6.45) is 2.18. The summed E-state index contributed by atoms with van der Waals surface area (Å²) in [5.74, 6) is 5.31. The van der Waals surface area contributed by atoms with E-state index >= 15 is 0 Å². The molecule has 1 aliphatic heterocycles. The number of urea groups is 1. The Labute approximate surface area is 151 Å². The van der Waals surface area contributed by atoms with E-state index in [1.165, 1.54) is 0 Å². The number of anilines is 1. The van der Waals surface area contributed by atoms with Gasteiger partial charge in [-0.25, -0.2) is 15.6 Å². The van der Waals surface area contributed by atoms with E-state index in [1.807, 2.05) is 18.2 Å². The Morgan fingerprint density at radius 2 is 2.04 bits per heavy atom. The maximum absolute atomic E-state index is 12.4. The fourth-order valence-electron chi connectivity index (χ4n) is 2.79. The van der Waals surface area contributed by atoms with Crippen molar-refractivity contribution in [1.29, 1.82) is 0 Å². The molecule has 0 aliphatic carbocycles. The number of nitrogens with zero attached hydrogens (tertiary/aromatic N) is 2. The average molecular weight is 355 g/mol. The predicted molar refractivity (Wildman–Crippen MR) is 96.4 cm³/mol. The second-order valence-electron chi connectivity index (χ2n) is 5.96. The molecule has 1 saturated heterocycles. The van der Waals surface area contributed by atoms with E-state index in [1.54, 1.807) is 35.4 Å². The molecule has 1 atom stereocenters. The smallest absolute Gasteiger partial charge is 0.323 e. The van der Waals surface area contributed by atoms with Gasteiger partial charge in [0.25, 0.3) is 5.91 Å². The van der Waals surface area contributed by atoms with Crippen LogP contribution in [0.3, 0.4) is 0 Å².